The van der Waals surface area contributed by atoms with Crippen LogP contribution < -0.4 is 0 Å². The Morgan fingerprint density at radius 3 is 2.62 bits per heavy atom. The number of furan rings is 1. The first kappa shape index (κ1) is 8.36. The molecular weight excluding hydrogens is 160 g/mol. The lowest BCUT2D eigenvalue weighted by atomic mass is 10.1. The van der Waals surface area contributed by atoms with E-state index >= 15 is 0 Å². The van der Waals surface area contributed by atoms with Gasteiger partial charge in [0.25, 0.3) is 0 Å². The Morgan fingerprint density at radius 1 is 1.08 bits per heavy atom. The highest BCUT2D eigenvalue weighted by atomic mass is 16.3. The van der Waals surface area contributed by atoms with E-state index in [0.717, 1.165) is 24.2 Å². The van der Waals surface area contributed by atoms with Crippen LogP contribution in [0.15, 0.2) is 28.7 Å². The second kappa shape index (κ2) is 3.25. The standard InChI is InChI=1S/C12H14O/c1-3-9-5-6-12-10(7-9)8-11(4-2)13-12/h5-8H,3-4H2,1-2H3. The van der Waals surface area contributed by atoms with E-state index < -0.39 is 0 Å². The van der Waals surface area contributed by atoms with Gasteiger partial charge in [-0.3, -0.25) is 0 Å². The summed E-state index contributed by atoms with van der Waals surface area (Å²) in [7, 11) is 0. The van der Waals surface area contributed by atoms with Crippen molar-refractivity contribution in [3.05, 3.63) is 35.6 Å². The number of hydrogen-bond donors (Lipinski definition) is 0. The van der Waals surface area contributed by atoms with Gasteiger partial charge in [-0.05, 0) is 30.2 Å². The minimum absolute atomic E-state index is 0.968. The quantitative estimate of drug-likeness (QED) is 0.678. The van der Waals surface area contributed by atoms with E-state index in [1.54, 1.807) is 0 Å². The molecule has 0 bridgehead atoms. The maximum absolute atomic E-state index is 5.62. The molecule has 0 saturated carbocycles. The third-order valence-corrected chi connectivity index (χ3v) is 2.39. The lowest BCUT2D eigenvalue weighted by Gasteiger charge is -1.93. The highest BCUT2D eigenvalue weighted by Gasteiger charge is 2.01. The van der Waals surface area contributed by atoms with E-state index in [9.17, 15) is 0 Å². The van der Waals surface area contributed by atoms with Crippen molar-refractivity contribution in [2.75, 3.05) is 0 Å². The predicted molar refractivity (Wildman–Crippen MR) is 55.0 cm³/mol. The van der Waals surface area contributed by atoms with Crippen molar-refractivity contribution >= 4 is 11.0 Å². The molecule has 2 rings (SSSR count). The van der Waals surface area contributed by atoms with Crippen LogP contribution in [0.3, 0.4) is 0 Å². The summed E-state index contributed by atoms with van der Waals surface area (Å²) in [5.74, 6) is 1.07. The Morgan fingerprint density at radius 2 is 1.92 bits per heavy atom. The van der Waals surface area contributed by atoms with E-state index in [-0.39, 0.29) is 0 Å². The largest absolute Gasteiger partial charge is 0.461 e. The summed E-state index contributed by atoms with van der Waals surface area (Å²) >= 11 is 0. The summed E-state index contributed by atoms with van der Waals surface area (Å²) in [4.78, 5) is 0. The number of hydrogen-bond acceptors (Lipinski definition) is 1. The molecule has 0 aliphatic rings. The summed E-state index contributed by atoms with van der Waals surface area (Å²) in [6.07, 6.45) is 2.05. The maximum atomic E-state index is 5.62. The van der Waals surface area contributed by atoms with Crippen LogP contribution in [-0.2, 0) is 12.8 Å². The number of benzene rings is 1. The Labute approximate surface area is 78.4 Å². The fraction of sp³-hybridized carbons (Fsp3) is 0.333. The molecule has 0 aliphatic heterocycles. The lowest BCUT2D eigenvalue weighted by Crippen LogP contribution is -1.76. The molecule has 13 heavy (non-hydrogen) atoms. The number of fused-ring (bicyclic) bond motifs is 1. The second-order valence-corrected chi connectivity index (χ2v) is 3.29. The number of rotatable bonds is 2. The van der Waals surface area contributed by atoms with Gasteiger partial charge in [0.15, 0.2) is 0 Å². The molecule has 0 amide bonds. The molecule has 0 fully saturated rings. The topological polar surface area (TPSA) is 13.1 Å². The van der Waals surface area contributed by atoms with Gasteiger partial charge in [-0.2, -0.15) is 0 Å². The molecule has 1 heteroatoms. The zero-order valence-corrected chi connectivity index (χ0v) is 8.13. The third-order valence-electron chi connectivity index (χ3n) is 2.39. The van der Waals surface area contributed by atoms with Crippen molar-refractivity contribution in [2.45, 2.75) is 26.7 Å². The van der Waals surface area contributed by atoms with Crippen LogP contribution in [0.2, 0.25) is 0 Å². The van der Waals surface area contributed by atoms with Crippen molar-refractivity contribution in [3.63, 3.8) is 0 Å². The molecule has 0 N–H and O–H groups in total. The molecule has 0 atom stereocenters. The zero-order chi connectivity index (χ0) is 9.26. The van der Waals surface area contributed by atoms with E-state index in [1.165, 1.54) is 10.9 Å². The Kier molecular flexibility index (Phi) is 2.09. The summed E-state index contributed by atoms with van der Waals surface area (Å²) in [5.41, 5.74) is 2.38. The molecule has 68 valence electrons. The minimum atomic E-state index is 0.968. The summed E-state index contributed by atoms with van der Waals surface area (Å²) in [5, 5.41) is 1.23. The lowest BCUT2D eigenvalue weighted by molar-refractivity contribution is 0.557. The second-order valence-electron chi connectivity index (χ2n) is 3.29. The van der Waals surface area contributed by atoms with Crippen LogP contribution in [-0.4, -0.2) is 0 Å². The molecule has 1 aromatic carbocycles. The van der Waals surface area contributed by atoms with Crippen molar-refractivity contribution in [1.29, 1.82) is 0 Å². The first-order valence-corrected chi connectivity index (χ1v) is 4.84. The van der Waals surface area contributed by atoms with Crippen molar-refractivity contribution in [3.8, 4) is 0 Å². The average molecular weight is 174 g/mol. The normalized spacial score (nSPS) is 10.9. The van der Waals surface area contributed by atoms with E-state index in [1.807, 2.05) is 0 Å². The van der Waals surface area contributed by atoms with Gasteiger partial charge in [-0.15, -0.1) is 0 Å². The Balaban J connectivity index is 2.57. The van der Waals surface area contributed by atoms with Gasteiger partial charge >= 0.3 is 0 Å². The van der Waals surface area contributed by atoms with Gasteiger partial charge in [0.1, 0.15) is 11.3 Å². The van der Waals surface area contributed by atoms with E-state index in [2.05, 4.69) is 38.1 Å². The van der Waals surface area contributed by atoms with Crippen LogP contribution in [0.5, 0.6) is 0 Å². The minimum Gasteiger partial charge on any atom is -0.461 e. The molecule has 2 aromatic rings. The summed E-state index contributed by atoms with van der Waals surface area (Å²) < 4.78 is 5.62. The first-order valence-electron chi connectivity index (χ1n) is 4.84. The van der Waals surface area contributed by atoms with Gasteiger partial charge in [0, 0.05) is 11.8 Å². The van der Waals surface area contributed by atoms with Crippen molar-refractivity contribution < 1.29 is 4.42 Å². The Bertz CT molecular complexity index is 410. The van der Waals surface area contributed by atoms with Gasteiger partial charge in [-0.25, -0.2) is 0 Å². The monoisotopic (exact) mass is 174 g/mol. The zero-order valence-electron chi connectivity index (χ0n) is 8.13. The van der Waals surface area contributed by atoms with E-state index in [0.29, 0.717) is 0 Å². The smallest absolute Gasteiger partial charge is 0.134 e. The molecule has 0 saturated heterocycles. The summed E-state index contributed by atoms with van der Waals surface area (Å²) in [6.45, 7) is 4.28. The molecule has 1 aromatic heterocycles. The van der Waals surface area contributed by atoms with Crippen LogP contribution in [0.4, 0.5) is 0 Å². The maximum Gasteiger partial charge on any atom is 0.134 e. The van der Waals surface area contributed by atoms with Crippen LogP contribution in [0.1, 0.15) is 25.2 Å². The van der Waals surface area contributed by atoms with Crippen molar-refractivity contribution in [2.24, 2.45) is 0 Å². The molecule has 1 heterocycles. The third kappa shape index (κ3) is 1.46. The highest BCUT2D eigenvalue weighted by Crippen LogP contribution is 2.21. The van der Waals surface area contributed by atoms with Gasteiger partial charge in [-0.1, -0.05) is 19.9 Å². The summed E-state index contributed by atoms with van der Waals surface area (Å²) in [6, 6.07) is 8.53. The SMILES string of the molecule is CCc1ccc2oc(CC)cc2c1. The molecular formula is C12H14O. The predicted octanol–water partition coefficient (Wildman–Crippen LogP) is 3.56. The first-order chi connectivity index (χ1) is 6.33. The Hall–Kier alpha value is -1.24. The number of aryl methyl sites for hydroxylation is 2. The van der Waals surface area contributed by atoms with Crippen LogP contribution >= 0.6 is 0 Å². The van der Waals surface area contributed by atoms with Gasteiger partial charge in [0.05, 0.1) is 0 Å². The van der Waals surface area contributed by atoms with Crippen molar-refractivity contribution in [1.82, 2.24) is 0 Å². The van der Waals surface area contributed by atoms with E-state index in [4.69, 9.17) is 4.42 Å². The highest BCUT2D eigenvalue weighted by molar-refractivity contribution is 5.78. The van der Waals surface area contributed by atoms with Gasteiger partial charge < -0.3 is 4.42 Å². The fourth-order valence-corrected chi connectivity index (χ4v) is 1.54. The molecule has 1 nitrogen and oxygen atoms in total. The molecule has 0 aliphatic carbocycles. The molecule has 0 spiro atoms. The average Bonchev–Trinajstić information content (AvgIpc) is 2.58. The molecule has 0 unspecified atom stereocenters. The molecule has 0 radical (unpaired) electrons. The van der Waals surface area contributed by atoms with Crippen LogP contribution in [0, 0.1) is 0 Å². The fourth-order valence-electron chi connectivity index (χ4n) is 1.54. The van der Waals surface area contributed by atoms with Gasteiger partial charge in [0.2, 0.25) is 0 Å². The van der Waals surface area contributed by atoms with Crippen LogP contribution in [0.25, 0.3) is 11.0 Å².